The van der Waals surface area contributed by atoms with Crippen molar-refractivity contribution in [1.82, 2.24) is 0 Å². The Balaban J connectivity index is 4.43. The van der Waals surface area contributed by atoms with Crippen LogP contribution >= 0.6 is 0 Å². The predicted octanol–water partition coefficient (Wildman–Crippen LogP) is 21.3. The van der Waals surface area contributed by atoms with Gasteiger partial charge in [0.1, 0.15) is 13.2 Å². The first kappa shape index (κ1) is 72.0. The highest BCUT2D eigenvalue weighted by Crippen LogP contribution is 2.14. The lowest BCUT2D eigenvalue weighted by atomic mass is 10.1. The lowest BCUT2D eigenvalue weighted by Gasteiger charge is -2.18. The van der Waals surface area contributed by atoms with E-state index in [4.69, 9.17) is 14.2 Å². The molecular weight excluding hydrogens is 949 g/mol. The second kappa shape index (κ2) is 63.6. The van der Waals surface area contributed by atoms with Crippen molar-refractivity contribution in [2.45, 2.75) is 258 Å². The largest absolute Gasteiger partial charge is 0.462 e. The molecule has 6 heteroatoms. The average Bonchev–Trinajstić information content (AvgIpc) is 3.43. The molecule has 0 aliphatic rings. The Bertz CT molecular complexity index is 1740. The monoisotopic (exact) mass is 1060 g/mol. The number of unbranched alkanes of at least 4 members (excludes halogenated alkanes) is 17. The van der Waals surface area contributed by atoms with Crippen LogP contribution in [0.4, 0.5) is 0 Å². The highest BCUT2D eigenvalue weighted by Gasteiger charge is 2.19. The topological polar surface area (TPSA) is 78.9 Å². The van der Waals surface area contributed by atoms with Crippen molar-refractivity contribution in [2.24, 2.45) is 0 Å². The maximum atomic E-state index is 12.9. The van der Waals surface area contributed by atoms with Crippen LogP contribution in [0.5, 0.6) is 0 Å². The van der Waals surface area contributed by atoms with Gasteiger partial charge in [-0.15, -0.1) is 0 Å². The van der Waals surface area contributed by atoms with Gasteiger partial charge in [0.25, 0.3) is 0 Å². The third kappa shape index (κ3) is 61.8. The van der Waals surface area contributed by atoms with Gasteiger partial charge in [0.05, 0.1) is 0 Å². The van der Waals surface area contributed by atoms with Crippen LogP contribution in [0.15, 0.2) is 158 Å². The Hall–Kier alpha value is -4.97. The molecular formula is C71H112O6. The van der Waals surface area contributed by atoms with Gasteiger partial charge < -0.3 is 14.2 Å². The van der Waals surface area contributed by atoms with Crippen molar-refractivity contribution in [2.75, 3.05) is 13.2 Å². The van der Waals surface area contributed by atoms with Gasteiger partial charge in [-0.1, -0.05) is 249 Å². The van der Waals surface area contributed by atoms with E-state index >= 15 is 0 Å². The molecule has 0 aromatic rings. The molecule has 0 aromatic carbocycles. The van der Waals surface area contributed by atoms with Crippen LogP contribution in [-0.4, -0.2) is 37.2 Å². The van der Waals surface area contributed by atoms with Crippen LogP contribution in [0, 0.1) is 0 Å². The SMILES string of the molecule is CC/C=C\C/C=C\C/C=C\C/C=C\C/C=C\CCCCCCCCCCCC(=O)OCC(COC(=O)CCCCC/C=C\C/C=C\C/C=C\CC)OC(=O)CCCCCCC/C=C\C/C=C\C/C=C\C/C=C\C/C=C\CC. The summed E-state index contributed by atoms with van der Waals surface area (Å²) in [6.45, 7) is 6.25. The maximum absolute atomic E-state index is 12.9. The minimum absolute atomic E-state index is 0.105. The molecule has 432 valence electrons. The minimum Gasteiger partial charge on any atom is -0.462 e. The van der Waals surface area contributed by atoms with Crippen molar-refractivity contribution in [1.29, 1.82) is 0 Å². The molecule has 0 N–H and O–H groups in total. The highest BCUT2D eigenvalue weighted by molar-refractivity contribution is 5.71. The normalized spacial score (nSPS) is 13.2. The van der Waals surface area contributed by atoms with E-state index in [0.717, 1.165) is 173 Å². The minimum atomic E-state index is -0.812. The number of carbonyl (C=O) groups excluding carboxylic acids is 3. The quantitative estimate of drug-likeness (QED) is 0.0261. The molecule has 0 amide bonds. The van der Waals surface area contributed by atoms with Gasteiger partial charge in [0.15, 0.2) is 6.10 Å². The van der Waals surface area contributed by atoms with E-state index in [1.54, 1.807) is 0 Å². The molecule has 0 bridgehead atoms. The van der Waals surface area contributed by atoms with Gasteiger partial charge >= 0.3 is 17.9 Å². The fourth-order valence-corrected chi connectivity index (χ4v) is 7.98. The summed E-state index contributed by atoms with van der Waals surface area (Å²) in [7, 11) is 0. The highest BCUT2D eigenvalue weighted by atomic mass is 16.6. The fourth-order valence-electron chi connectivity index (χ4n) is 7.98. The van der Waals surface area contributed by atoms with E-state index in [0.29, 0.717) is 19.3 Å². The number of allylic oxidation sites excluding steroid dienone is 26. The Kier molecular flexibility index (Phi) is 59.5. The molecule has 0 fully saturated rings. The van der Waals surface area contributed by atoms with Crippen molar-refractivity contribution < 1.29 is 28.6 Å². The fraction of sp³-hybridized carbons (Fsp3) is 0.592. The Labute approximate surface area is 473 Å². The molecule has 0 aliphatic heterocycles. The third-order valence-electron chi connectivity index (χ3n) is 12.5. The summed E-state index contributed by atoms with van der Waals surface area (Å²) in [5.74, 6) is -0.965. The van der Waals surface area contributed by atoms with E-state index in [2.05, 4.69) is 179 Å². The third-order valence-corrected chi connectivity index (χ3v) is 12.5. The molecule has 77 heavy (non-hydrogen) atoms. The van der Waals surface area contributed by atoms with Crippen LogP contribution in [-0.2, 0) is 28.6 Å². The van der Waals surface area contributed by atoms with Gasteiger partial charge in [-0.05, 0) is 141 Å². The van der Waals surface area contributed by atoms with Crippen molar-refractivity contribution in [3.63, 3.8) is 0 Å². The molecule has 1 atom stereocenters. The summed E-state index contributed by atoms with van der Waals surface area (Å²) in [6, 6.07) is 0. The van der Waals surface area contributed by atoms with Crippen molar-refractivity contribution in [3.05, 3.63) is 158 Å². The summed E-state index contributed by atoms with van der Waals surface area (Å²) in [6.07, 6.45) is 92.4. The molecule has 0 radical (unpaired) electrons. The zero-order valence-electron chi connectivity index (χ0n) is 49.4. The molecule has 0 saturated heterocycles. The van der Waals surface area contributed by atoms with Crippen LogP contribution in [0.1, 0.15) is 252 Å². The molecule has 6 nitrogen and oxygen atoms in total. The van der Waals surface area contributed by atoms with Gasteiger partial charge in [0.2, 0.25) is 0 Å². The first-order chi connectivity index (χ1) is 38.0. The predicted molar refractivity (Wildman–Crippen MR) is 334 cm³/mol. The number of rotatable bonds is 54. The Morgan fingerprint density at radius 2 is 0.468 bits per heavy atom. The number of esters is 3. The van der Waals surface area contributed by atoms with Crippen molar-refractivity contribution >= 4 is 17.9 Å². The standard InChI is InChI=1S/C71H112O6/c1-4-7-10-13-16-19-22-25-27-29-31-33-34-35-36-38-39-41-43-46-49-52-55-58-61-64-70(73)76-67-68(66-75-69(72)63-60-57-54-51-48-45-24-21-18-15-12-9-6-3)77-71(74)65-62-59-56-53-50-47-44-42-40-37-32-30-28-26-23-20-17-14-11-8-5-2/h7-12,16-21,25-28,31-33,35-37,42,44-45,48,68H,4-6,13-15,22-24,29-30,34,38-41,43,46-47,49-67H2,1-3H3/b10-7-,11-8-,12-9-,19-16-,20-17-,21-18-,27-25-,28-26-,33-31-,36-35-,37-32-,44-42-,48-45-. The Morgan fingerprint density at radius 1 is 0.260 bits per heavy atom. The summed E-state index contributed by atoms with van der Waals surface area (Å²) in [5, 5.41) is 0. The lowest BCUT2D eigenvalue weighted by molar-refractivity contribution is -0.167. The van der Waals surface area contributed by atoms with E-state index < -0.39 is 6.10 Å². The van der Waals surface area contributed by atoms with Gasteiger partial charge in [-0.2, -0.15) is 0 Å². The summed E-state index contributed by atoms with van der Waals surface area (Å²) in [5.41, 5.74) is 0. The maximum Gasteiger partial charge on any atom is 0.306 e. The summed E-state index contributed by atoms with van der Waals surface area (Å²) in [4.78, 5) is 38.3. The van der Waals surface area contributed by atoms with Crippen LogP contribution in [0.3, 0.4) is 0 Å². The van der Waals surface area contributed by atoms with Crippen LogP contribution in [0.2, 0.25) is 0 Å². The molecule has 0 heterocycles. The van der Waals surface area contributed by atoms with Gasteiger partial charge in [-0.25, -0.2) is 0 Å². The van der Waals surface area contributed by atoms with E-state index in [1.165, 1.54) is 38.5 Å². The molecule has 0 spiro atoms. The molecule has 0 rings (SSSR count). The zero-order valence-corrected chi connectivity index (χ0v) is 49.4. The van der Waals surface area contributed by atoms with Gasteiger partial charge in [-0.3, -0.25) is 14.4 Å². The number of carbonyl (C=O) groups is 3. The molecule has 0 saturated carbocycles. The molecule has 0 aliphatic carbocycles. The first-order valence-electron chi connectivity index (χ1n) is 31.0. The van der Waals surface area contributed by atoms with E-state index in [-0.39, 0.29) is 31.1 Å². The zero-order chi connectivity index (χ0) is 55.7. The van der Waals surface area contributed by atoms with Gasteiger partial charge in [0, 0.05) is 19.3 Å². The molecule has 0 aromatic heterocycles. The number of hydrogen-bond acceptors (Lipinski definition) is 6. The average molecular weight is 1060 g/mol. The van der Waals surface area contributed by atoms with Crippen LogP contribution in [0.25, 0.3) is 0 Å². The van der Waals surface area contributed by atoms with E-state index in [1.807, 2.05) is 0 Å². The van der Waals surface area contributed by atoms with E-state index in [9.17, 15) is 14.4 Å². The second-order valence-corrected chi connectivity index (χ2v) is 19.8. The smallest absolute Gasteiger partial charge is 0.306 e. The second-order valence-electron chi connectivity index (χ2n) is 19.8. The summed E-state index contributed by atoms with van der Waals surface area (Å²) >= 11 is 0. The summed E-state index contributed by atoms with van der Waals surface area (Å²) < 4.78 is 16.9. The van der Waals surface area contributed by atoms with Crippen molar-refractivity contribution in [3.8, 4) is 0 Å². The number of hydrogen-bond donors (Lipinski definition) is 0. The van der Waals surface area contributed by atoms with Crippen LogP contribution < -0.4 is 0 Å². The number of ether oxygens (including phenoxy) is 3. The lowest BCUT2D eigenvalue weighted by Crippen LogP contribution is -2.30. The molecule has 1 unspecified atom stereocenters. The first-order valence-corrected chi connectivity index (χ1v) is 31.0. The Morgan fingerprint density at radius 3 is 0.740 bits per heavy atom.